The summed E-state index contributed by atoms with van der Waals surface area (Å²) in [4.78, 5) is 15.0. The molecule has 9 heteroatoms. The number of sulfonamides is 1. The van der Waals surface area contributed by atoms with Crippen molar-refractivity contribution in [3.8, 4) is 0 Å². The van der Waals surface area contributed by atoms with Gasteiger partial charge in [0.1, 0.15) is 5.82 Å². The molecule has 0 unspecified atom stereocenters. The Kier molecular flexibility index (Phi) is 7.42. The van der Waals surface area contributed by atoms with Gasteiger partial charge in [0.15, 0.2) is 0 Å². The molecule has 0 radical (unpaired) electrons. The van der Waals surface area contributed by atoms with E-state index in [2.05, 4.69) is 10.2 Å². The predicted octanol–water partition coefficient (Wildman–Crippen LogP) is 3.49. The molecule has 2 heterocycles. The smallest absolute Gasteiger partial charge is 0.248 e. The van der Waals surface area contributed by atoms with Crippen LogP contribution in [0.25, 0.3) is 6.08 Å². The molecule has 33 heavy (non-hydrogen) atoms. The highest BCUT2D eigenvalue weighted by Crippen LogP contribution is 2.32. The minimum absolute atomic E-state index is 0.142. The van der Waals surface area contributed by atoms with Gasteiger partial charge < -0.3 is 15.0 Å². The Bertz CT molecular complexity index is 1110. The lowest BCUT2D eigenvalue weighted by Gasteiger charge is -2.31. The third-order valence-corrected chi connectivity index (χ3v) is 7.72. The lowest BCUT2D eigenvalue weighted by molar-refractivity contribution is -0.111. The zero-order chi connectivity index (χ0) is 23.3. The fraction of sp³-hybridized carbons (Fsp3) is 0.375. The van der Waals surface area contributed by atoms with Crippen LogP contribution in [-0.2, 0) is 19.6 Å². The Morgan fingerprint density at radius 2 is 1.67 bits per heavy atom. The van der Waals surface area contributed by atoms with Crippen LogP contribution in [-0.4, -0.2) is 58.0 Å². The minimum atomic E-state index is -3.70. The molecule has 4 rings (SSSR count). The average Bonchev–Trinajstić information content (AvgIpc) is 2.85. The van der Waals surface area contributed by atoms with Crippen molar-refractivity contribution in [3.63, 3.8) is 0 Å². The molecule has 2 aromatic rings. The first-order valence-corrected chi connectivity index (χ1v) is 12.6. The van der Waals surface area contributed by atoms with E-state index in [1.807, 2.05) is 0 Å². The quantitative estimate of drug-likeness (QED) is 0.650. The lowest BCUT2D eigenvalue weighted by Crippen LogP contribution is -2.40. The third kappa shape index (κ3) is 5.79. The highest BCUT2D eigenvalue weighted by molar-refractivity contribution is 7.89. The van der Waals surface area contributed by atoms with Crippen molar-refractivity contribution in [2.24, 2.45) is 0 Å². The Hall–Kier alpha value is -2.75. The zero-order valence-corrected chi connectivity index (χ0v) is 19.2. The first kappa shape index (κ1) is 23.4. The lowest BCUT2D eigenvalue weighted by atomic mass is 10.1. The molecule has 2 aliphatic rings. The number of morpholine rings is 1. The number of carbonyl (C=O) groups excluding carboxylic acids is 1. The van der Waals surface area contributed by atoms with E-state index < -0.39 is 15.9 Å². The molecule has 0 atom stereocenters. The maximum atomic E-state index is 13.2. The number of amides is 1. The minimum Gasteiger partial charge on any atom is -0.379 e. The van der Waals surface area contributed by atoms with Gasteiger partial charge in [-0.25, -0.2) is 12.8 Å². The van der Waals surface area contributed by atoms with E-state index in [1.54, 1.807) is 36.4 Å². The molecule has 1 N–H and O–H groups in total. The Balaban J connectivity index is 1.60. The number of halogens is 1. The number of benzene rings is 2. The molecule has 0 aromatic heterocycles. The number of ether oxygens (including phenoxy) is 1. The van der Waals surface area contributed by atoms with Crippen molar-refractivity contribution in [1.82, 2.24) is 4.31 Å². The van der Waals surface area contributed by atoms with Crippen LogP contribution in [0.1, 0.15) is 24.8 Å². The van der Waals surface area contributed by atoms with Gasteiger partial charge in [0.05, 0.1) is 29.5 Å². The number of nitrogens with zero attached hydrogens (tertiary/aromatic N) is 2. The SMILES string of the molecule is O=C(C=Cc1ccc(F)cc1)Nc1cc(S(=O)(=O)N2CCOCC2)ccc1N1CCCCC1. The van der Waals surface area contributed by atoms with E-state index in [0.717, 1.165) is 38.0 Å². The maximum Gasteiger partial charge on any atom is 0.248 e. The van der Waals surface area contributed by atoms with Crippen molar-refractivity contribution in [3.05, 3.63) is 59.9 Å². The maximum absolute atomic E-state index is 13.2. The number of anilines is 2. The second-order valence-corrected chi connectivity index (χ2v) is 10.1. The summed E-state index contributed by atoms with van der Waals surface area (Å²) < 4.78 is 46.1. The molecule has 176 valence electrons. The molecule has 0 saturated carbocycles. The van der Waals surface area contributed by atoms with E-state index in [-0.39, 0.29) is 10.7 Å². The molecule has 0 bridgehead atoms. The molecule has 2 aromatic carbocycles. The van der Waals surface area contributed by atoms with Crippen LogP contribution in [0.2, 0.25) is 0 Å². The van der Waals surface area contributed by atoms with E-state index in [1.165, 1.54) is 22.5 Å². The summed E-state index contributed by atoms with van der Waals surface area (Å²) in [6.45, 7) is 3.04. The first-order valence-electron chi connectivity index (χ1n) is 11.1. The topological polar surface area (TPSA) is 79.0 Å². The van der Waals surface area contributed by atoms with Crippen LogP contribution in [0, 0.1) is 5.82 Å². The van der Waals surface area contributed by atoms with Gasteiger partial charge in [0, 0.05) is 32.3 Å². The predicted molar refractivity (Wildman–Crippen MR) is 126 cm³/mol. The summed E-state index contributed by atoms with van der Waals surface area (Å²) >= 11 is 0. The number of piperidine rings is 1. The number of hydrogen-bond donors (Lipinski definition) is 1. The Morgan fingerprint density at radius 3 is 2.36 bits per heavy atom. The summed E-state index contributed by atoms with van der Waals surface area (Å²) in [7, 11) is -3.70. The van der Waals surface area contributed by atoms with Crippen molar-refractivity contribution >= 4 is 33.4 Å². The number of nitrogens with one attached hydrogen (secondary N) is 1. The van der Waals surface area contributed by atoms with Gasteiger partial charge in [-0.2, -0.15) is 4.31 Å². The second kappa shape index (κ2) is 10.5. The molecular formula is C24H28FN3O4S. The summed E-state index contributed by atoms with van der Waals surface area (Å²) in [5, 5.41) is 2.86. The van der Waals surface area contributed by atoms with Gasteiger partial charge in [-0.15, -0.1) is 0 Å². The van der Waals surface area contributed by atoms with Crippen molar-refractivity contribution in [2.45, 2.75) is 24.2 Å². The van der Waals surface area contributed by atoms with Gasteiger partial charge in [0.2, 0.25) is 15.9 Å². The fourth-order valence-electron chi connectivity index (χ4n) is 4.04. The monoisotopic (exact) mass is 473 g/mol. The molecule has 2 aliphatic heterocycles. The van der Waals surface area contributed by atoms with Crippen LogP contribution in [0.4, 0.5) is 15.8 Å². The number of hydrogen-bond acceptors (Lipinski definition) is 5. The van der Waals surface area contributed by atoms with Crippen LogP contribution in [0.5, 0.6) is 0 Å². The standard InChI is InChI=1S/C24H28FN3O4S/c25-20-7-4-19(5-8-20)6-11-24(29)26-22-18-21(33(30,31)28-14-16-32-17-15-28)9-10-23(22)27-12-2-1-3-13-27/h4-11,18H,1-3,12-17H2,(H,26,29). The summed E-state index contributed by atoms with van der Waals surface area (Å²) in [6.07, 6.45) is 6.19. The van der Waals surface area contributed by atoms with Crippen molar-refractivity contribution in [1.29, 1.82) is 0 Å². The van der Waals surface area contributed by atoms with E-state index in [9.17, 15) is 17.6 Å². The third-order valence-electron chi connectivity index (χ3n) is 5.83. The Morgan fingerprint density at radius 1 is 0.970 bits per heavy atom. The highest BCUT2D eigenvalue weighted by atomic mass is 32.2. The Labute approximate surface area is 193 Å². The van der Waals surface area contributed by atoms with Gasteiger partial charge >= 0.3 is 0 Å². The van der Waals surface area contributed by atoms with E-state index in [4.69, 9.17) is 4.74 Å². The zero-order valence-electron chi connectivity index (χ0n) is 18.4. The van der Waals surface area contributed by atoms with Crippen LogP contribution in [0.3, 0.4) is 0 Å². The van der Waals surface area contributed by atoms with Crippen LogP contribution >= 0.6 is 0 Å². The molecule has 1 amide bonds. The second-order valence-electron chi connectivity index (χ2n) is 8.12. The van der Waals surface area contributed by atoms with Gasteiger partial charge in [-0.1, -0.05) is 12.1 Å². The van der Waals surface area contributed by atoms with Crippen molar-refractivity contribution in [2.75, 3.05) is 49.6 Å². The van der Waals surface area contributed by atoms with Gasteiger partial charge in [0.25, 0.3) is 0 Å². The summed E-state index contributed by atoms with van der Waals surface area (Å²) in [6, 6.07) is 10.7. The highest BCUT2D eigenvalue weighted by Gasteiger charge is 2.28. The molecule has 7 nitrogen and oxygen atoms in total. The van der Waals surface area contributed by atoms with E-state index in [0.29, 0.717) is 37.6 Å². The average molecular weight is 474 g/mol. The number of carbonyl (C=O) groups is 1. The molecular weight excluding hydrogens is 445 g/mol. The van der Waals surface area contributed by atoms with Crippen molar-refractivity contribution < 1.29 is 22.3 Å². The largest absolute Gasteiger partial charge is 0.379 e. The van der Waals surface area contributed by atoms with Gasteiger partial charge in [-0.05, 0) is 61.2 Å². The fourth-order valence-corrected chi connectivity index (χ4v) is 5.48. The molecule has 0 aliphatic carbocycles. The van der Waals surface area contributed by atoms with Crippen LogP contribution in [0.15, 0.2) is 53.4 Å². The first-order chi connectivity index (χ1) is 15.9. The normalized spacial score (nSPS) is 17.9. The molecule has 2 fully saturated rings. The molecule has 0 spiro atoms. The van der Waals surface area contributed by atoms with Crippen LogP contribution < -0.4 is 10.2 Å². The summed E-state index contributed by atoms with van der Waals surface area (Å²) in [5.41, 5.74) is 1.95. The van der Waals surface area contributed by atoms with E-state index >= 15 is 0 Å². The number of rotatable bonds is 6. The van der Waals surface area contributed by atoms with Gasteiger partial charge in [-0.3, -0.25) is 4.79 Å². The summed E-state index contributed by atoms with van der Waals surface area (Å²) in [5.74, 6) is -0.737. The molecule has 2 saturated heterocycles.